The number of amides is 2. The minimum absolute atomic E-state index is 0.00301. The maximum absolute atomic E-state index is 13.0. The Morgan fingerprint density at radius 1 is 1.15 bits per heavy atom. The van der Waals surface area contributed by atoms with Crippen LogP contribution in [-0.2, 0) is 16.0 Å². The molecule has 1 aromatic carbocycles. The van der Waals surface area contributed by atoms with Crippen LogP contribution in [0.5, 0.6) is 0 Å². The molecule has 1 aliphatic heterocycles. The van der Waals surface area contributed by atoms with E-state index < -0.39 is 0 Å². The van der Waals surface area contributed by atoms with Gasteiger partial charge in [-0.1, -0.05) is 0 Å². The van der Waals surface area contributed by atoms with E-state index in [4.69, 9.17) is 9.15 Å². The van der Waals surface area contributed by atoms with Gasteiger partial charge in [-0.2, -0.15) is 0 Å². The van der Waals surface area contributed by atoms with E-state index in [2.05, 4.69) is 4.98 Å². The third kappa shape index (κ3) is 4.84. The summed E-state index contributed by atoms with van der Waals surface area (Å²) < 4.78 is 23.4. The highest BCUT2D eigenvalue weighted by Gasteiger charge is 2.22. The van der Waals surface area contributed by atoms with Crippen molar-refractivity contribution in [1.82, 2.24) is 14.8 Å². The normalized spacial score (nSPS) is 14.7. The van der Waals surface area contributed by atoms with Crippen molar-refractivity contribution >= 4 is 12.0 Å². The molecule has 0 bridgehead atoms. The highest BCUT2D eigenvalue weighted by Crippen LogP contribution is 2.21. The second-order valence-corrected chi connectivity index (χ2v) is 6.32. The molecule has 1 saturated heterocycles. The second-order valence-electron chi connectivity index (χ2n) is 6.32. The van der Waals surface area contributed by atoms with Crippen LogP contribution in [-0.4, -0.2) is 60.1 Å². The highest BCUT2D eigenvalue weighted by atomic mass is 19.1. The summed E-state index contributed by atoms with van der Waals surface area (Å²) in [5, 5.41) is 0. The monoisotopic (exact) mass is 375 g/mol. The zero-order valence-corrected chi connectivity index (χ0v) is 15.2. The van der Waals surface area contributed by atoms with Crippen molar-refractivity contribution in [1.29, 1.82) is 0 Å². The van der Waals surface area contributed by atoms with Crippen LogP contribution in [0.1, 0.15) is 18.7 Å². The number of aromatic nitrogens is 1. The third-order valence-corrected chi connectivity index (χ3v) is 4.52. The zero-order chi connectivity index (χ0) is 19.2. The van der Waals surface area contributed by atoms with Gasteiger partial charge in [-0.3, -0.25) is 4.79 Å². The molecule has 0 aliphatic carbocycles. The van der Waals surface area contributed by atoms with Crippen molar-refractivity contribution in [3.63, 3.8) is 0 Å². The number of nitrogens with zero attached hydrogens (tertiary/aromatic N) is 3. The van der Waals surface area contributed by atoms with Gasteiger partial charge in [0.15, 0.2) is 11.7 Å². The number of hydrogen-bond acceptors (Lipinski definition) is 5. The molecule has 1 fully saturated rings. The summed E-state index contributed by atoms with van der Waals surface area (Å²) in [6, 6.07) is 5.96. The van der Waals surface area contributed by atoms with Gasteiger partial charge in [-0.25, -0.2) is 14.2 Å². The molecule has 2 aromatic rings. The Morgan fingerprint density at radius 3 is 2.59 bits per heavy atom. The number of oxazole rings is 1. The fraction of sp³-hybridized carbons (Fsp3) is 0.421. The van der Waals surface area contributed by atoms with Gasteiger partial charge in [0, 0.05) is 44.6 Å². The SMILES string of the molecule is COC(=O)N1CCCN(C(=O)CCc2ncc(-c3ccc(F)cc3)o2)CC1. The predicted molar refractivity (Wildman–Crippen MR) is 95.4 cm³/mol. The first-order chi connectivity index (χ1) is 13.1. The lowest BCUT2D eigenvalue weighted by atomic mass is 10.2. The van der Waals surface area contributed by atoms with E-state index >= 15 is 0 Å². The average Bonchev–Trinajstić information content (AvgIpc) is 3.01. The van der Waals surface area contributed by atoms with Gasteiger partial charge >= 0.3 is 6.09 Å². The Balaban J connectivity index is 1.52. The number of rotatable bonds is 4. The Morgan fingerprint density at radius 2 is 1.85 bits per heavy atom. The summed E-state index contributed by atoms with van der Waals surface area (Å²) in [6.07, 6.45) is 2.60. The molecule has 144 valence electrons. The summed E-state index contributed by atoms with van der Waals surface area (Å²) in [5.74, 6) is 0.699. The number of methoxy groups -OCH3 is 1. The molecule has 7 nitrogen and oxygen atoms in total. The summed E-state index contributed by atoms with van der Waals surface area (Å²) in [4.78, 5) is 31.6. The van der Waals surface area contributed by atoms with Crippen LogP contribution in [0.25, 0.3) is 11.3 Å². The number of benzene rings is 1. The second kappa shape index (κ2) is 8.66. The molecule has 0 atom stereocenters. The lowest BCUT2D eigenvalue weighted by Crippen LogP contribution is -2.37. The molecule has 2 amide bonds. The Hall–Kier alpha value is -2.90. The van der Waals surface area contributed by atoms with Gasteiger partial charge in [0.1, 0.15) is 5.82 Å². The van der Waals surface area contributed by atoms with E-state index in [1.807, 2.05) is 0 Å². The van der Waals surface area contributed by atoms with Gasteiger partial charge in [0.2, 0.25) is 5.91 Å². The quantitative estimate of drug-likeness (QED) is 0.821. The maximum atomic E-state index is 13.0. The van der Waals surface area contributed by atoms with Crippen molar-refractivity contribution in [3.8, 4) is 11.3 Å². The summed E-state index contributed by atoms with van der Waals surface area (Å²) in [6.45, 7) is 2.14. The van der Waals surface area contributed by atoms with E-state index in [-0.39, 0.29) is 24.2 Å². The predicted octanol–water partition coefficient (Wildman–Crippen LogP) is 2.71. The first kappa shape index (κ1) is 18.9. The molecule has 0 radical (unpaired) electrons. The van der Waals surface area contributed by atoms with Crippen LogP contribution < -0.4 is 0 Å². The molecule has 8 heteroatoms. The fourth-order valence-electron chi connectivity index (χ4n) is 3.02. The standard InChI is InChI=1S/C19H22FN3O4/c1-26-19(25)23-10-2-9-22(11-12-23)18(24)8-7-17-21-13-16(27-17)14-3-5-15(20)6-4-14/h3-6,13H,2,7-12H2,1H3. The average molecular weight is 375 g/mol. The first-order valence-electron chi connectivity index (χ1n) is 8.88. The molecule has 1 aliphatic rings. The van der Waals surface area contributed by atoms with Crippen LogP contribution in [0.3, 0.4) is 0 Å². The van der Waals surface area contributed by atoms with Crippen LogP contribution in [0.2, 0.25) is 0 Å². The lowest BCUT2D eigenvalue weighted by molar-refractivity contribution is -0.131. The Kier molecular flexibility index (Phi) is 6.05. The number of ether oxygens (including phenoxy) is 1. The molecular weight excluding hydrogens is 353 g/mol. The summed E-state index contributed by atoms with van der Waals surface area (Å²) in [5.41, 5.74) is 0.733. The highest BCUT2D eigenvalue weighted by molar-refractivity contribution is 5.76. The van der Waals surface area contributed by atoms with Crippen molar-refractivity contribution in [2.24, 2.45) is 0 Å². The zero-order valence-electron chi connectivity index (χ0n) is 15.2. The topological polar surface area (TPSA) is 75.9 Å². The molecule has 0 spiro atoms. The number of halogens is 1. The Labute approximate surface area is 156 Å². The molecule has 0 unspecified atom stereocenters. The minimum atomic E-state index is -0.364. The first-order valence-corrected chi connectivity index (χ1v) is 8.88. The van der Waals surface area contributed by atoms with Gasteiger partial charge < -0.3 is 19.0 Å². The number of carbonyl (C=O) groups is 2. The molecule has 27 heavy (non-hydrogen) atoms. The minimum Gasteiger partial charge on any atom is -0.453 e. The van der Waals surface area contributed by atoms with Crippen LogP contribution >= 0.6 is 0 Å². The smallest absolute Gasteiger partial charge is 0.409 e. The van der Waals surface area contributed by atoms with Crippen molar-refractivity contribution in [2.45, 2.75) is 19.3 Å². The fourth-order valence-corrected chi connectivity index (χ4v) is 3.02. The van der Waals surface area contributed by atoms with E-state index in [1.165, 1.54) is 19.2 Å². The van der Waals surface area contributed by atoms with E-state index in [0.717, 1.165) is 5.56 Å². The summed E-state index contributed by atoms with van der Waals surface area (Å²) >= 11 is 0. The summed E-state index contributed by atoms with van der Waals surface area (Å²) in [7, 11) is 1.35. The van der Waals surface area contributed by atoms with Gasteiger partial charge in [-0.05, 0) is 30.7 Å². The number of aryl methyl sites for hydroxylation is 1. The van der Waals surface area contributed by atoms with Gasteiger partial charge in [0.25, 0.3) is 0 Å². The molecule has 2 heterocycles. The van der Waals surface area contributed by atoms with Crippen molar-refractivity contribution in [3.05, 3.63) is 42.2 Å². The third-order valence-electron chi connectivity index (χ3n) is 4.52. The number of carbonyl (C=O) groups excluding carboxylic acids is 2. The van der Waals surface area contributed by atoms with Gasteiger partial charge in [0.05, 0.1) is 13.3 Å². The molecule has 1 aromatic heterocycles. The van der Waals surface area contributed by atoms with Crippen LogP contribution in [0, 0.1) is 5.82 Å². The van der Waals surface area contributed by atoms with Crippen LogP contribution in [0.4, 0.5) is 9.18 Å². The molecule has 3 rings (SSSR count). The van der Waals surface area contributed by atoms with E-state index in [1.54, 1.807) is 28.1 Å². The molecule has 0 saturated carbocycles. The van der Waals surface area contributed by atoms with E-state index in [9.17, 15) is 14.0 Å². The Bertz CT molecular complexity index is 791. The number of hydrogen-bond donors (Lipinski definition) is 0. The van der Waals surface area contributed by atoms with Gasteiger partial charge in [-0.15, -0.1) is 0 Å². The lowest BCUT2D eigenvalue weighted by Gasteiger charge is -2.21. The van der Waals surface area contributed by atoms with Crippen LogP contribution in [0.15, 0.2) is 34.9 Å². The maximum Gasteiger partial charge on any atom is 0.409 e. The largest absolute Gasteiger partial charge is 0.453 e. The van der Waals surface area contributed by atoms with Crippen molar-refractivity contribution in [2.75, 3.05) is 33.3 Å². The van der Waals surface area contributed by atoms with E-state index in [0.29, 0.717) is 50.7 Å². The van der Waals surface area contributed by atoms with Crippen molar-refractivity contribution < 1.29 is 23.1 Å². The molecular formula is C19H22FN3O4. The molecule has 0 N–H and O–H groups in total.